The zero-order valence-corrected chi connectivity index (χ0v) is 21.1. The van der Waals surface area contributed by atoms with E-state index in [1.807, 2.05) is 11.8 Å². The number of primary amides is 1. The van der Waals surface area contributed by atoms with Crippen LogP contribution in [0.4, 0.5) is 11.4 Å². The van der Waals surface area contributed by atoms with E-state index in [-0.39, 0.29) is 19.1 Å². The Bertz CT molecular complexity index is 1040. The van der Waals surface area contributed by atoms with Crippen LogP contribution in [-0.2, 0) is 9.59 Å². The van der Waals surface area contributed by atoms with Gasteiger partial charge in [-0.15, -0.1) is 0 Å². The Kier molecular flexibility index (Phi) is 8.67. The molecule has 2 aromatic carbocycles. The number of aliphatic hydroxyl groups is 1. The zero-order valence-electron chi connectivity index (χ0n) is 20.3. The average molecular weight is 498 g/mol. The second-order valence-electron chi connectivity index (χ2n) is 9.25. The fourth-order valence-corrected chi connectivity index (χ4v) is 5.63. The van der Waals surface area contributed by atoms with Crippen molar-refractivity contribution < 1.29 is 14.7 Å². The number of nitrogens with two attached hydrogens (primary N) is 1. The average Bonchev–Trinajstić information content (AvgIpc) is 2.85. The van der Waals surface area contributed by atoms with Crippen LogP contribution in [0.3, 0.4) is 0 Å². The van der Waals surface area contributed by atoms with Gasteiger partial charge in [-0.05, 0) is 49.7 Å². The summed E-state index contributed by atoms with van der Waals surface area (Å²) >= 11 is 1.84. The number of para-hydroxylation sites is 1. The summed E-state index contributed by atoms with van der Waals surface area (Å²) in [6, 6.07) is 15.3. The molecule has 1 fully saturated rings. The normalized spacial score (nSPS) is 16.9. The first kappa shape index (κ1) is 25.5. The van der Waals surface area contributed by atoms with Gasteiger partial charge in [0.25, 0.3) is 0 Å². The minimum atomic E-state index is -0.739. The number of nitrogens with one attached hydrogen (secondary N) is 1. The summed E-state index contributed by atoms with van der Waals surface area (Å²) in [5, 5.41) is 11.9. The van der Waals surface area contributed by atoms with Crippen LogP contribution in [-0.4, -0.2) is 85.7 Å². The molecule has 0 spiro atoms. The fraction of sp³-hybridized carbons (Fsp3) is 0.462. The predicted molar refractivity (Wildman–Crippen MR) is 139 cm³/mol. The molecule has 9 heteroatoms. The van der Waals surface area contributed by atoms with Gasteiger partial charge in [-0.3, -0.25) is 14.5 Å². The van der Waals surface area contributed by atoms with E-state index in [0.717, 1.165) is 45.7 Å². The number of rotatable bonds is 10. The van der Waals surface area contributed by atoms with Gasteiger partial charge in [0, 0.05) is 49.1 Å². The quantitative estimate of drug-likeness (QED) is 0.460. The van der Waals surface area contributed by atoms with Gasteiger partial charge in [-0.1, -0.05) is 30.0 Å². The van der Waals surface area contributed by atoms with Crippen molar-refractivity contribution in [1.82, 2.24) is 15.1 Å². The Morgan fingerprint density at radius 2 is 1.74 bits per heavy atom. The highest BCUT2D eigenvalue weighted by molar-refractivity contribution is 7.99. The van der Waals surface area contributed by atoms with E-state index in [9.17, 15) is 9.59 Å². The van der Waals surface area contributed by atoms with Crippen molar-refractivity contribution in [2.24, 2.45) is 11.7 Å². The standard InChI is InChI=1S/C26H35N5O3S/c1-19-7-8-24-22(15-19)31(21-5-2-3-6-23(21)35-24)10-4-9-29-11-13-30(14-12-29)17-25(33)28-16-20(18-32)26(27)34/h2-3,5-8,15,20,32H,4,9-14,16-18H2,1H3,(H2,27,34)(H,28,33)/t20-/m0/s1. The first-order valence-electron chi connectivity index (χ1n) is 12.2. The van der Waals surface area contributed by atoms with E-state index in [4.69, 9.17) is 10.8 Å². The number of aliphatic hydroxyl groups excluding tert-OH is 1. The number of hydrogen-bond acceptors (Lipinski definition) is 7. The molecule has 2 heterocycles. The molecule has 0 saturated carbocycles. The Morgan fingerprint density at radius 3 is 2.49 bits per heavy atom. The molecule has 0 aromatic heterocycles. The fourth-order valence-electron chi connectivity index (χ4n) is 4.55. The highest BCUT2D eigenvalue weighted by Crippen LogP contribution is 2.48. The number of carbonyl (C=O) groups excluding carboxylic acids is 2. The molecule has 0 bridgehead atoms. The predicted octanol–water partition coefficient (Wildman–Crippen LogP) is 1.82. The van der Waals surface area contributed by atoms with E-state index in [2.05, 4.69) is 69.4 Å². The number of benzene rings is 2. The molecule has 1 atom stereocenters. The summed E-state index contributed by atoms with van der Waals surface area (Å²) in [6.07, 6.45) is 1.06. The number of amides is 2. The summed E-state index contributed by atoms with van der Waals surface area (Å²) in [7, 11) is 0. The lowest BCUT2D eigenvalue weighted by Crippen LogP contribution is -2.50. The van der Waals surface area contributed by atoms with Gasteiger partial charge in [0.1, 0.15) is 0 Å². The van der Waals surface area contributed by atoms with Crippen molar-refractivity contribution in [3.8, 4) is 0 Å². The van der Waals surface area contributed by atoms with Gasteiger partial charge in [0.15, 0.2) is 0 Å². The molecule has 2 amide bonds. The Morgan fingerprint density at radius 1 is 1.03 bits per heavy atom. The second kappa shape index (κ2) is 11.9. The lowest BCUT2D eigenvalue weighted by Gasteiger charge is -2.36. The van der Waals surface area contributed by atoms with Crippen molar-refractivity contribution in [3.05, 3.63) is 48.0 Å². The van der Waals surface area contributed by atoms with Gasteiger partial charge < -0.3 is 26.0 Å². The molecule has 2 aromatic rings. The van der Waals surface area contributed by atoms with Crippen LogP contribution in [0.5, 0.6) is 0 Å². The third-order valence-electron chi connectivity index (χ3n) is 6.64. The van der Waals surface area contributed by atoms with Crippen molar-refractivity contribution in [2.75, 3.05) is 63.9 Å². The molecular formula is C26H35N5O3S. The van der Waals surface area contributed by atoms with Crippen molar-refractivity contribution in [3.63, 3.8) is 0 Å². The van der Waals surface area contributed by atoms with Gasteiger partial charge >= 0.3 is 0 Å². The maximum atomic E-state index is 12.2. The van der Waals surface area contributed by atoms with Crippen LogP contribution < -0.4 is 16.0 Å². The maximum Gasteiger partial charge on any atom is 0.234 e. The summed E-state index contributed by atoms with van der Waals surface area (Å²) in [5.41, 5.74) is 9.06. The molecule has 188 valence electrons. The molecule has 0 aliphatic carbocycles. The SMILES string of the molecule is Cc1ccc2c(c1)N(CCCN1CCN(CC(=O)NC[C@@H](CO)C(N)=O)CC1)c1ccccc1S2. The van der Waals surface area contributed by atoms with Crippen LogP contribution in [0.25, 0.3) is 0 Å². The molecule has 1 saturated heterocycles. The van der Waals surface area contributed by atoms with E-state index < -0.39 is 11.8 Å². The lowest BCUT2D eigenvalue weighted by molar-refractivity contribution is -0.125. The third kappa shape index (κ3) is 6.55. The lowest BCUT2D eigenvalue weighted by atomic mass is 10.1. The minimum Gasteiger partial charge on any atom is -0.395 e. The molecule has 8 nitrogen and oxygen atoms in total. The van der Waals surface area contributed by atoms with Crippen molar-refractivity contribution in [2.45, 2.75) is 23.1 Å². The van der Waals surface area contributed by atoms with Crippen molar-refractivity contribution in [1.29, 1.82) is 0 Å². The van der Waals surface area contributed by atoms with Gasteiger partial charge in [0.2, 0.25) is 11.8 Å². The summed E-state index contributed by atoms with van der Waals surface area (Å²) < 4.78 is 0. The first-order chi connectivity index (χ1) is 16.9. The highest BCUT2D eigenvalue weighted by atomic mass is 32.2. The number of anilines is 2. The summed E-state index contributed by atoms with van der Waals surface area (Å²) in [6.45, 7) is 7.65. The molecular weight excluding hydrogens is 462 g/mol. The largest absolute Gasteiger partial charge is 0.395 e. The van der Waals surface area contributed by atoms with Crippen LogP contribution >= 0.6 is 11.8 Å². The van der Waals surface area contributed by atoms with Crippen LogP contribution in [0.2, 0.25) is 0 Å². The van der Waals surface area contributed by atoms with Gasteiger partial charge in [0.05, 0.1) is 30.4 Å². The van der Waals surface area contributed by atoms with Crippen LogP contribution in [0, 0.1) is 12.8 Å². The number of aryl methyl sites for hydroxylation is 1. The number of fused-ring (bicyclic) bond motifs is 2. The number of nitrogens with zero attached hydrogens (tertiary/aromatic N) is 3. The van der Waals surface area contributed by atoms with Crippen LogP contribution in [0.1, 0.15) is 12.0 Å². The zero-order chi connectivity index (χ0) is 24.8. The molecule has 0 unspecified atom stereocenters. The molecule has 4 N–H and O–H groups in total. The summed E-state index contributed by atoms with van der Waals surface area (Å²) in [5.74, 6) is -1.49. The Hall–Kier alpha value is -2.59. The minimum absolute atomic E-state index is 0.0748. The monoisotopic (exact) mass is 497 g/mol. The molecule has 2 aliphatic heterocycles. The number of carbonyl (C=O) groups is 2. The molecule has 0 radical (unpaired) electrons. The van der Waals surface area contributed by atoms with Crippen molar-refractivity contribution >= 4 is 35.0 Å². The van der Waals surface area contributed by atoms with E-state index in [0.29, 0.717) is 6.54 Å². The Balaban J connectivity index is 1.24. The molecule has 35 heavy (non-hydrogen) atoms. The second-order valence-corrected chi connectivity index (χ2v) is 10.3. The summed E-state index contributed by atoms with van der Waals surface area (Å²) in [4.78, 5) is 33.0. The van der Waals surface area contributed by atoms with E-state index in [1.54, 1.807) is 0 Å². The number of piperazine rings is 1. The van der Waals surface area contributed by atoms with Gasteiger partial charge in [-0.2, -0.15) is 0 Å². The molecule has 4 rings (SSSR count). The smallest absolute Gasteiger partial charge is 0.234 e. The van der Waals surface area contributed by atoms with E-state index >= 15 is 0 Å². The Labute approximate surface area is 211 Å². The van der Waals surface area contributed by atoms with Crippen LogP contribution in [0.15, 0.2) is 52.3 Å². The van der Waals surface area contributed by atoms with Gasteiger partial charge in [-0.25, -0.2) is 0 Å². The first-order valence-corrected chi connectivity index (χ1v) is 13.0. The maximum absolute atomic E-state index is 12.2. The topological polar surface area (TPSA) is 102 Å². The molecule has 2 aliphatic rings. The van der Waals surface area contributed by atoms with E-state index in [1.165, 1.54) is 26.7 Å². The third-order valence-corrected chi connectivity index (χ3v) is 7.77. The number of hydrogen-bond donors (Lipinski definition) is 3. The highest BCUT2D eigenvalue weighted by Gasteiger charge is 2.24.